The van der Waals surface area contributed by atoms with Gasteiger partial charge in [-0.2, -0.15) is 0 Å². The molecule has 7 heteroatoms. The second-order valence-corrected chi connectivity index (χ2v) is 8.67. The summed E-state index contributed by atoms with van der Waals surface area (Å²) in [5.74, 6) is 0.265. The highest BCUT2D eigenvalue weighted by Crippen LogP contribution is 2.32. The van der Waals surface area contributed by atoms with E-state index in [-0.39, 0.29) is 5.97 Å². The highest BCUT2D eigenvalue weighted by Gasteiger charge is 2.34. The lowest BCUT2D eigenvalue weighted by molar-refractivity contribution is -0.0296. The number of carbonyl (C=O) groups is 1. The van der Waals surface area contributed by atoms with E-state index in [1.807, 2.05) is 25.1 Å². The predicted octanol–water partition coefficient (Wildman–Crippen LogP) is 3.99. The lowest BCUT2D eigenvalue weighted by Gasteiger charge is -2.37. The second kappa shape index (κ2) is 11.5. The van der Waals surface area contributed by atoms with E-state index in [9.17, 15) is 9.90 Å². The summed E-state index contributed by atoms with van der Waals surface area (Å²) in [6, 6.07) is 5.71. The molecule has 0 saturated carbocycles. The number of aromatic amines is 1. The van der Waals surface area contributed by atoms with Crippen LogP contribution in [0.2, 0.25) is 0 Å². The van der Waals surface area contributed by atoms with Gasteiger partial charge in [-0.05, 0) is 64.1 Å². The van der Waals surface area contributed by atoms with Crippen molar-refractivity contribution in [3.05, 3.63) is 47.0 Å². The average molecular weight is 444 g/mol. The number of hydrogen-bond donors (Lipinski definition) is 2. The third-order valence-electron chi connectivity index (χ3n) is 6.38. The molecule has 0 bridgehead atoms. The van der Waals surface area contributed by atoms with Crippen molar-refractivity contribution in [3.63, 3.8) is 0 Å². The summed E-state index contributed by atoms with van der Waals surface area (Å²) in [4.78, 5) is 22.0. The Kier molecular flexibility index (Phi) is 8.70. The van der Waals surface area contributed by atoms with Crippen LogP contribution in [0, 0.1) is 6.92 Å². The largest absolute Gasteiger partial charge is 0.491 e. The number of aliphatic hydroxyl groups is 1. The highest BCUT2D eigenvalue weighted by molar-refractivity contribution is 5.91. The van der Waals surface area contributed by atoms with Gasteiger partial charge in [0.15, 0.2) is 11.4 Å². The lowest BCUT2D eigenvalue weighted by atomic mass is 9.87. The molecule has 1 aliphatic rings. The summed E-state index contributed by atoms with van der Waals surface area (Å²) < 4.78 is 11.0. The fourth-order valence-corrected chi connectivity index (χ4v) is 4.35. The standard InChI is InChI=1S/C25H37N3O4/c1-4-5-10-20-19(2)27-22(24(29)31-3)23(20)32-18-9-8-15-28-16-12-25(30,13-17-28)21-11-6-7-14-26-21/h6-7,11,14,27,30H,4-5,8-10,12-13,15-18H2,1-3H3. The number of likely N-dealkylation sites (tertiary alicyclic amines) is 1. The quantitative estimate of drug-likeness (QED) is 0.403. The Hall–Kier alpha value is -2.38. The van der Waals surface area contributed by atoms with Crippen LogP contribution >= 0.6 is 0 Å². The Balaban J connectivity index is 1.45. The van der Waals surface area contributed by atoms with Crippen molar-refractivity contribution in [3.8, 4) is 5.75 Å². The normalized spacial score (nSPS) is 16.1. The fraction of sp³-hybridized carbons (Fsp3) is 0.600. The van der Waals surface area contributed by atoms with E-state index in [4.69, 9.17) is 9.47 Å². The molecule has 0 aromatic carbocycles. The van der Waals surface area contributed by atoms with Crippen LogP contribution in [0.3, 0.4) is 0 Å². The third-order valence-corrected chi connectivity index (χ3v) is 6.38. The minimum Gasteiger partial charge on any atom is -0.491 e. The molecule has 176 valence electrons. The summed E-state index contributed by atoms with van der Waals surface area (Å²) in [7, 11) is 1.39. The maximum Gasteiger partial charge on any atom is 0.358 e. The summed E-state index contributed by atoms with van der Waals surface area (Å²) >= 11 is 0. The van der Waals surface area contributed by atoms with Gasteiger partial charge in [-0.15, -0.1) is 0 Å². The highest BCUT2D eigenvalue weighted by atomic mass is 16.5. The molecule has 0 spiro atoms. The third kappa shape index (κ3) is 5.90. The summed E-state index contributed by atoms with van der Waals surface area (Å²) in [6.45, 7) is 7.39. The Labute approximate surface area is 191 Å². The number of esters is 1. The number of unbranched alkanes of at least 4 members (excludes halogenated alkanes) is 2. The van der Waals surface area contributed by atoms with E-state index in [1.54, 1.807) is 6.20 Å². The van der Waals surface area contributed by atoms with Crippen LogP contribution in [-0.2, 0) is 16.8 Å². The molecule has 3 rings (SSSR count). The van der Waals surface area contributed by atoms with Crippen LogP contribution in [0.25, 0.3) is 0 Å². The van der Waals surface area contributed by atoms with Crippen molar-refractivity contribution in [1.82, 2.24) is 14.9 Å². The van der Waals surface area contributed by atoms with Crippen LogP contribution in [0.15, 0.2) is 24.4 Å². The average Bonchev–Trinajstić information content (AvgIpc) is 3.13. The Morgan fingerprint density at radius 2 is 2.03 bits per heavy atom. The Morgan fingerprint density at radius 1 is 1.25 bits per heavy atom. The minimum absolute atomic E-state index is 0.389. The van der Waals surface area contributed by atoms with E-state index in [2.05, 4.69) is 21.8 Å². The number of methoxy groups -OCH3 is 1. The van der Waals surface area contributed by atoms with Crippen molar-refractivity contribution >= 4 is 5.97 Å². The molecule has 0 amide bonds. The van der Waals surface area contributed by atoms with Gasteiger partial charge in [0.25, 0.3) is 0 Å². The Morgan fingerprint density at radius 3 is 2.69 bits per heavy atom. The second-order valence-electron chi connectivity index (χ2n) is 8.67. The molecule has 7 nitrogen and oxygen atoms in total. The van der Waals surface area contributed by atoms with Gasteiger partial charge in [-0.25, -0.2) is 4.79 Å². The van der Waals surface area contributed by atoms with E-state index >= 15 is 0 Å². The van der Waals surface area contributed by atoms with Crippen molar-refractivity contribution in [2.24, 2.45) is 0 Å². The predicted molar refractivity (Wildman–Crippen MR) is 124 cm³/mol. The minimum atomic E-state index is -0.813. The zero-order valence-corrected chi connectivity index (χ0v) is 19.7. The molecule has 2 aromatic heterocycles. The lowest BCUT2D eigenvalue weighted by Crippen LogP contribution is -2.43. The number of nitrogens with one attached hydrogen (secondary N) is 1. The molecular weight excluding hydrogens is 406 g/mol. The van der Waals surface area contributed by atoms with E-state index in [0.29, 0.717) is 30.9 Å². The van der Waals surface area contributed by atoms with Crippen LogP contribution in [0.5, 0.6) is 5.75 Å². The van der Waals surface area contributed by atoms with Crippen LogP contribution in [0.4, 0.5) is 0 Å². The first-order valence-electron chi connectivity index (χ1n) is 11.8. The summed E-state index contributed by atoms with van der Waals surface area (Å²) in [6.07, 6.45) is 8.07. The molecule has 32 heavy (non-hydrogen) atoms. The smallest absolute Gasteiger partial charge is 0.358 e. The number of pyridine rings is 1. The maximum atomic E-state index is 12.2. The van der Waals surface area contributed by atoms with Gasteiger partial charge in [0, 0.05) is 30.5 Å². The number of piperidine rings is 1. The molecule has 1 fully saturated rings. The van der Waals surface area contributed by atoms with Crippen LogP contribution in [-0.4, -0.2) is 59.3 Å². The molecule has 0 aliphatic carbocycles. The molecule has 3 heterocycles. The first kappa shape index (κ1) is 24.3. The molecule has 2 aromatic rings. The monoisotopic (exact) mass is 443 g/mol. The van der Waals surface area contributed by atoms with Gasteiger partial charge in [0.05, 0.1) is 19.4 Å². The number of carbonyl (C=O) groups excluding carboxylic acids is 1. The number of nitrogens with zero attached hydrogens (tertiary/aromatic N) is 2. The summed E-state index contributed by atoms with van der Waals surface area (Å²) in [5, 5.41) is 10.9. The van der Waals surface area contributed by atoms with Gasteiger partial charge in [0.2, 0.25) is 0 Å². The first-order valence-corrected chi connectivity index (χ1v) is 11.8. The van der Waals surface area contributed by atoms with Gasteiger partial charge in [-0.1, -0.05) is 19.4 Å². The van der Waals surface area contributed by atoms with Gasteiger partial charge >= 0.3 is 5.97 Å². The molecule has 1 aliphatic heterocycles. The molecule has 0 radical (unpaired) electrons. The van der Waals surface area contributed by atoms with E-state index in [0.717, 1.165) is 68.7 Å². The SMILES string of the molecule is CCCCc1c(C)[nH]c(C(=O)OC)c1OCCCCN1CCC(O)(c2ccccn2)CC1. The van der Waals surface area contributed by atoms with Crippen LogP contribution < -0.4 is 4.74 Å². The van der Waals surface area contributed by atoms with Gasteiger partial charge in [0.1, 0.15) is 5.60 Å². The fourth-order valence-electron chi connectivity index (χ4n) is 4.35. The topological polar surface area (TPSA) is 87.7 Å². The number of ether oxygens (including phenoxy) is 2. The van der Waals surface area contributed by atoms with E-state index in [1.165, 1.54) is 7.11 Å². The van der Waals surface area contributed by atoms with Crippen molar-refractivity contribution in [2.45, 2.75) is 64.4 Å². The molecule has 0 atom stereocenters. The van der Waals surface area contributed by atoms with Crippen molar-refractivity contribution < 1.29 is 19.4 Å². The number of aryl methyl sites for hydroxylation is 1. The van der Waals surface area contributed by atoms with Crippen LogP contribution in [0.1, 0.15) is 72.9 Å². The number of hydrogen-bond acceptors (Lipinski definition) is 6. The van der Waals surface area contributed by atoms with Crippen molar-refractivity contribution in [2.75, 3.05) is 33.4 Å². The molecule has 2 N–H and O–H groups in total. The molecule has 1 saturated heterocycles. The maximum absolute atomic E-state index is 12.2. The molecular formula is C25H37N3O4. The zero-order chi connectivity index (χ0) is 23.0. The van der Waals surface area contributed by atoms with Gasteiger partial charge < -0.3 is 24.5 Å². The zero-order valence-electron chi connectivity index (χ0n) is 19.7. The number of rotatable bonds is 11. The van der Waals surface area contributed by atoms with E-state index < -0.39 is 5.60 Å². The number of H-pyrrole nitrogens is 1. The Bertz CT molecular complexity index is 858. The molecule has 0 unspecified atom stereocenters. The number of aromatic nitrogens is 2. The first-order chi connectivity index (χ1) is 15.5. The van der Waals surface area contributed by atoms with Crippen molar-refractivity contribution in [1.29, 1.82) is 0 Å². The van der Waals surface area contributed by atoms with Gasteiger partial charge in [-0.3, -0.25) is 4.98 Å². The summed E-state index contributed by atoms with van der Waals surface area (Å²) in [5.41, 5.74) is 2.43.